The monoisotopic (exact) mass is 281 g/mol. The summed E-state index contributed by atoms with van der Waals surface area (Å²) in [5.41, 5.74) is 5.66. The van der Waals surface area contributed by atoms with Gasteiger partial charge in [-0.1, -0.05) is 31.1 Å². The van der Waals surface area contributed by atoms with Gasteiger partial charge in [0.1, 0.15) is 5.84 Å². The molecule has 0 spiro atoms. The zero-order valence-electron chi connectivity index (χ0n) is 11.8. The molecule has 0 saturated carbocycles. The summed E-state index contributed by atoms with van der Waals surface area (Å²) in [5, 5.41) is 22.6. The molecule has 0 fully saturated rings. The Morgan fingerprint density at radius 3 is 2.75 bits per heavy atom. The molecule has 0 aliphatic rings. The number of nitro benzene ring substituents is 1. The Balaban J connectivity index is 2.79. The van der Waals surface area contributed by atoms with Crippen molar-refractivity contribution >= 4 is 11.5 Å². The number of oxime groups is 1. The van der Waals surface area contributed by atoms with Gasteiger partial charge in [0.15, 0.2) is 5.75 Å². The van der Waals surface area contributed by atoms with Crippen molar-refractivity contribution in [2.24, 2.45) is 16.3 Å². The molecule has 0 saturated heterocycles. The van der Waals surface area contributed by atoms with Crippen molar-refractivity contribution < 1.29 is 14.9 Å². The van der Waals surface area contributed by atoms with E-state index in [0.29, 0.717) is 12.0 Å². The van der Waals surface area contributed by atoms with Crippen molar-refractivity contribution in [3.05, 3.63) is 33.9 Å². The molecule has 0 bridgehead atoms. The number of benzene rings is 1. The van der Waals surface area contributed by atoms with Crippen LogP contribution < -0.4 is 10.5 Å². The highest BCUT2D eigenvalue weighted by atomic mass is 16.6. The highest BCUT2D eigenvalue weighted by molar-refractivity contribution is 5.85. The number of amidine groups is 1. The van der Waals surface area contributed by atoms with E-state index in [0.717, 1.165) is 0 Å². The number of ether oxygens (including phenoxy) is 1. The minimum absolute atomic E-state index is 0.0633. The number of nitrogens with zero attached hydrogens (tertiary/aromatic N) is 2. The van der Waals surface area contributed by atoms with E-state index >= 15 is 0 Å². The lowest BCUT2D eigenvalue weighted by molar-refractivity contribution is -0.385. The highest BCUT2D eigenvalue weighted by Gasteiger charge is 2.24. The molecule has 0 heterocycles. The summed E-state index contributed by atoms with van der Waals surface area (Å²) in [6.07, 6.45) is 0.467. The van der Waals surface area contributed by atoms with E-state index in [1.54, 1.807) is 32.9 Å². The van der Waals surface area contributed by atoms with Gasteiger partial charge in [0.25, 0.3) is 0 Å². The van der Waals surface area contributed by atoms with Gasteiger partial charge < -0.3 is 15.7 Å². The number of nitro groups is 1. The summed E-state index contributed by atoms with van der Waals surface area (Å²) in [7, 11) is 0. The van der Waals surface area contributed by atoms with E-state index in [9.17, 15) is 10.1 Å². The quantitative estimate of drug-likeness (QED) is 0.273. The van der Waals surface area contributed by atoms with Gasteiger partial charge in [0.2, 0.25) is 0 Å². The Bertz CT molecular complexity index is 526. The summed E-state index contributed by atoms with van der Waals surface area (Å²) >= 11 is 0. The maximum absolute atomic E-state index is 10.9. The molecule has 3 N–H and O–H groups in total. The van der Waals surface area contributed by atoms with Crippen LogP contribution in [0.3, 0.4) is 0 Å². The van der Waals surface area contributed by atoms with Crippen LogP contribution in [0.15, 0.2) is 23.4 Å². The van der Waals surface area contributed by atoms with Crippen molar-refractivity contribution in [2.45, 2.75) is 27.2 Å². The molecule has 20 heavy (non-hydrogen) atoms. The van der Waals surface area contributed by atoms with Gasteiger partial charge in [-0.05, 0) is 18.9 Å². The molecular formula is C13H19N3O4. The third kappa shape index (κ3) is 3.59. The SMILES string of the molecule is Cc1cccc([N+](=O)[O-])c1OCCC(C)(C)/C(N)=N/O. The number of aryl methyl sites for hydroxylation is 1. The molecular weight excluding hydrogens is 262 g/mol. The third-order valence-corrected chi connectivity index (χ3v) is 3.16. The average Bonchev–Trinajstić information content (AvgIpc) is 2.39. The van der Waals surface area contributed by atoms with Crippen molar-refractivity contribution in [1.29, 1.82) is 0 Å². The summed E-state index contributed by atoms with van der Waals surface area (Å²) in [5.74, 6) is 0.355. The van der Waals surface area contributed by atoms with Gasteiger partial charge in [-0.2, -0.15) is 0 Å². The van der Waals surface area contributed by atoms with Gasteiger partial charge in [0, 0.05) is 11.5 Å². The molecule has 1 aromatic carbocycles. The number of nitrogens with two attached hydrogens (primary N) is 1. The zero-order chi connectivity index (χ0) is 15.3. The maximum Gasteiger partial charge on any atom is 0.311 e. The molecule has 7 nitrogen and oxygen atoms in total. The molecule has 0 radical (unpaired) electrons. The Labute approximate surface area is 117 Å². The molecule has 0 aliphatic heterocycles. The molecule has 0 atom stereocenters. The number of rotatable bonds is 6. The van der Waals surface area contributed by atoms with Crippen molar-refractivity contribution in [2.75, 3.05) is 6.61 Å². The smallest absolute Gasteiger partial charge is 0.311 e. The summed E-state index contributed by atoms with van der Waals surface area (Å²) in [6.45, 7) is 5.58. The molecule has 0 amide bonds. The summed E-state index contributed by atoms with van der Waals surface area (Å²) in [4.78, 5) is 10.5. The molecule has 7 heteroatoms. The second-order valence-corrected chi connectivity index (χ2v) is 5.15. The largest absolute Gasteiger partial charge is 0.487 e. The first-order chi connectivity index (χ1) is 9.29. The molecule has 0 unspecified atom stereocenters. The number of hydrogen-bond donors (Lipinski definition) is 2. The first-order valence-electron chi connectivity index (χ1n) is 6.14. The van der Waals surface area contributed by atoms with Crippen LogP contribution in [-0.2, 0) is 0 Å². The molecule has 1 rings (SSSR count). The van der Waals surface area contributed by atoms with E-state index < -0.39 is 10.3 Å². The van der Waals surface area contributed by atoms with E-state index in [1.165, 1.54) is 6.07 Å². The van der Waals surface area contributed by atoms with Crippen LogP contribution in [0, 0.1) is 22.5 Å². The fourth-order valence-electron chi connectivity index (χ4n) is 1.64. The van der Waals surface area contributed by atoms with Crippen LogP contribution >= 0.6 is 0 Å². The lowest BCUT2D eigenvalue weighted by atomic mass is 9.88. The topological polar surface area (TPSA) is 111 Å². The standard InChI is InChI=1S/C13H19N3O4/c1-9-5-4-6-10(16(18)19)11(9)20-8-7-13(2,3)12(14)15-17/h4-6,17H,7-8H2,1-3H3,(H2,14,15). The maximum atomic E-state index is 10.9. The predicted molar refractivity (Wildman–Crippen MR) is 75.1 cm³/mol. The molecule has 0 aromatic heterocycles. The van der Waals surface area contributed by atoms with Gasteiger partial charge in [-0.25, -0.2) is 0 Å². The van der Waals surface area contributed by atoms with Crippen LogP contribution in [0.4, 0.5) is 5.69 Å². The third-order valence-electron chi connectivity index (χ3n) is 3.16. The second kappa shape index (κ2) is 6.23. The van der Waals surface area contributed by atoms with E-state index in [-0.39, 0.29) is 23.9 Å². The first kappa shape index (κ1) is 15.7. The van der Waals surface area contributed by atoms with E-state index in [1.807, 2.05) is 0 Å². The van der Waals surface area contributed by atoms with Crippen LogP contribution in [0.25, 0.3) is 0 Å². The lowest BCUT2D eigenvalue weighted by Crippen LogP contribution is -2.33. The fourth-order valence-corrected chi connectivity index (χ4v) is 1.64. The molecule has 110 valence electrons. The van der Waals surface area contributed by atoms with Crippen molar-refractivity contribution in [1.82, 2.24) is 0 Å². The lowest BCUT2D eigenvalue weighted by Gasteiger charge is -2.22. The van der Waals surface area contributed by atoms with Crippen molar-refractivity contribution in [3.8, 4) is 5.75 Å². The van der Waals surface area contributed by atoms with Crippen LogP contribution in [0.1, 0.15) is 25.8 Å². The fraction of sp³-hybridized carbons (Fsp3) is 0.462. The zero-order valence-corrected chi connectivity index (χ0v) is 11.8. The van der Waals surface area contributed by atoms with Crippen LogP contribution in [0.5, 0.6) is 5.75 Å². The Hall–Kier alpha value is -2.31. The van der Waals surface area contributed by atoms with Gasteiger partial charge in [-0.15, -0.1) is 0 Å². The second-order valence-electron chi connectivity index (χ2n) is 5.15. The van der Waals surface area contributed by atoms with Crippen molar-refractivity contribution in [3.63, 3.8) is 0 Å². The minimum Gasteiger partial charge on any atom is -0.487 e. The molecule has 0 aliphatic carbocycles. The normalized spacial score (nSPS) is 12.2. The highest BCUT2D eigenvalue weighted by Crippen LogP contribution is 2.31. The van der Waals surface area contributed by atoms with Crippen LogP contribution in [0.2, 0.25) is 0 Å². The van der Waals surface area contributed by atoms with Crippen LogP contribution in [-0.4, -0.2) is 22.6 Å². The predicted octanol–water partition coefficient (Wildman–Crippen LogP) is 2.44. The van der Waals surface area contributed by atoms with Gasteiger partial charge in [0.05, 0.1) is 11.5 Å². The summed E-state index contributed by atoms with van der Waals surface area (Å²) < 4.78 is 5.53. The summed E-state index contributed by atoms with van der Waals surface area (Å²) in [6, 6.07) is 4.76. The minimum atomic E-state index is -0.549. The average molecular weight is 281 g/mol. The van der Waals surface area contributed by atoms with E-state index in [2.05, 4.69) is 5.16 Å². The Morgan fingerprint density at radius 2 is 2.20 bits per heavy atom. The number of hydrogen-bond acceptors (Lipinski definition) is 5. The number of para-hydroxylation sites is 1. The molecule has 1 aromatic rings. The Kier molecular flexibility index (Phi) is 4.90. The Morgan fingerprint density at radius 1 is 1.55 bits per heavy atom. The van der Waals surface area contributed by atoms with E-state index in [4.69, 9.17) is 15.7 Å². The van der Waals surface area contributed by atoms with Gasteiger partial charge in [-0.3, -0.25) is 10.1 Å². The van der Waals surface area contributed by atoms with Gasteiger partial charge >= 0.3 is 5.69 Å². The first-order valence-corrected chi connectivity index (χ1v) is 6.14.